The van der Waals surface area contributed by atoms with Crippen LogP contribution < -0.4 is 20.7 Å². The molecule has 4 aromatic carbocycles. The van der Waals surface area contributed by atoms with E-state index < -0.39 is 34.4 Å². The molecule has 0 saturated carbocycles. The number of hydrogen-bond donors (Lipinski definition) is 2. The fourth-order valence-corrected chi connectivity index (χ4v) is 9.36. The highest BCUT2D eigenvalue weighted by molar-refractivity contribution is 5.93. The molecule has 2 saturated heterocycles. The average molecular weight is 957 g/mol. The van der Waals surface area contributed by atoms with E-state index in [1.807, 2.05) is 47.9 Å². The van der Waals surface area contributed by atoms with E-state index >= 15 is 8.78 Å². The number of aromatic nitrogens is 4. The Morgan fingerprint density at radius 3 is 1.26 bits per heavy atom. The molecule has 356 valence electrons. The number of fused-ring (bicyclic) bond motifs is 4. The summed E-state index contributed by atoms with van der Waals surface area (Å²) in [6.07, 6.45) is 2.56. The summed E-state index contributed by atoms with van der Waals surface area (Å²) in [6, 6.07) is 31.6. The molecule has 10 rings (SSSR count). The molecule has 0 bridgehead atoms. The second-order valence-electron chi connectivity index (χ2n) is 17.1. The third-order valence-corrected chi connectivity index (χ3v) is 13.0. The van der Waals surface area contributed by atoms with Gasteiger partial charge >= 0.3 is 11.9 Å². The Balaban J connectivity index is 0.000000183. The highest BCUT2D eigenvalue weighted by Crippen LogP contribution is 2.27. The minimum absolute atomic E-state index is 0. The molecule has 0 atom stereocenters. The number of benzene rings is 4. The molecule has 2 aliphatic heterocycles. The average Bonchev–Trinajstić information content (AvgIpc) is 3.35. The molecule has 0 aliphatic carbocycles. The van der Waals surface area contributed by atoms with Crippen molar-refractivity contribution in [2.75, 3.05) is 62.2 Å². The Kier molecular flexibility index (Phi) is 14.3. The van der Waals surface area contributed by atoms with Crippen LogP contribution in [0.1, 0.15) is 45.7 Å². The van der Waals surface area contributed by atoms with Crippen LogP contribution in [0.25, 0.3) is 43.6 Å². The maximum atomic E-state index is 15.1. The summed E-state index contributed by atoms with van der Waals surface area (Å²) >= 11 is 0. The van der Waals surface area contributed by atoms with Crippen LogP contribution in [-0.4, -0.2) is 103 Å². The van der Waals surface area contributed by atoms with Gasteiger partial charge in [-0.3, -0.25) is 19.4 Å². The maximum absolute atomic E-state index is 15.1. The third-order valence-electron chi connectivity index (χ3n) is 13.0. The van der Waals surface area contributed by atoms with Crippen molar-refractivity contribution in [1.29, 1.82) is 0 Å². The molecule has 0 amide bonds. The molecule has 6 heterocycles. The molecule has 0 spiro atoms. The van der Waals surface area contributed by atoms with Gasteiger partial charge in [-0.2, -0.15) is 0 Å². The summed E-state index contributed by atoms with van der Waals surface area (Å²) in [4.78, 5) is 65.4. The molecular formula is C52H51ClF2N8O6. The van der Waals surface area contributed by atoms with Crippen molar-refractivity contribution in [3.8, 4) is 0 Å². The van der Waals surface area contributed by atoms with Gasteiger partial charge < -0.3 is 29.1 Å². The first-order chi connectivity index (χ1) is 32.9. The Morgan fingerprint density at radius 1 is 0.536 bits per heavy atom. The molecule has 4 aromatic heterocycles. The van der Waals surface area contributed by atoms with Gasteiger partial charge in [-0.15, -0.1) is 12.4 Å². The lowest BCUT2D eigenvalue weighted by Gasteiger charge is -2.35. The predicted molar refractivity (Wildman–Crippen MR) is 267 cm³/mol. The van der Waals surface area contributed by atoms with Crippen molar-refractivity contribution in [2.24, 2.45) is 0 Å². The number of halogens is 3. The summed E-state index contributed by atoms with van der Waals surface area (Å²) < 4.78 is 33.3. The Labute approximate surface area is 401 Å². The number of carboxylic acids is 2. The van der Waals surface area contributed by atoms with Crippen LogP contribution in [0.2, 0.25) is 0 Å². The zero-order valence-corrected chi connectivity index (χ0v) is 39.0. The van der Waals surface area contributed by atoms with Gasteiger partial charge in [0.1, 0.15) is 22.4 Å². The molecule has 17 heteroatoms. The van der Waals surface area contributed by atoms with Crippen molar-refractivity contribution in [1.82, 2.24) is 28.9 Å². The van der Waals surface area contributed by atoms with E-state index in [1.54, 1.807) is 9.13 Å². The zero-order valence-electron chi connectivity index (χ0n) is 38.1. The number of anilines is 2. The van der Waals surface area contributed by atoms with Gasteiger partial charge in [-0.25, -0.2) is 28.3 Å². The van der Waals surface area contributed by atoms with E-state index in [-0.39, 0.29) is 45.9 Å². The second kappa shape index (κ2) is 20.5. The summed E-state index contributed by atoms with van der Waals surface area (Å²) in [5.74, 6) is -3.50. The van der Waals surface area contributed by atoms with E-state index in [2.05, 4.69) is 80.4 Å². The Bertz CT molecular complexity index is 3140. The lowest BCUT2D eigenvalue weighted by atomic mass is 10.0. The van der Waals surface area contributed by atoms with E-state index in [0.717, 1.165) is 51.4 Å². The molecule has 2 aliphatic rings. The number of pyridine rings is 4. The van der Waals surface area contributed by atoms with Crippen molar-refractivity contribution in [3.05, 3.63) is 164 Å². The molecule has 2 fully saturated rings. The summed E-state index contributed by atoms with van der Waals surface area (Å²) in [5.41, 5.74) is 0.926. The van der Waals surface area contributed by atoms with Crippen LogP contribution in [0.15, 0.2) is 119 Å². The zero-order chi connectivity index (χ0) is 47.6. The Hall–Kier alpha value is -7.27. The summed E-state index contributed by atoms with van der Waals surface area (Å²) in [5, 5.41) is 23.5. The van der Waals surface area contributed by atoms with Crippen LogP contribution in [0.3, 0.4) is 0 Å². The SMILES string of the molecule is CCn1cc(C(=O)O)c(=O)c2cc(F)c(N3CCN(Cc4cccc5ccccc45)CC3)nc21.CCn1cc(C(=O)O)c(=O)c2cc(F)c(N3CCN(Cc4cccc5ccccc45)CC3)nc21.Cl. The molecule has 69 heavy (non-hydrogen) atoms. The fraction of sp³-hybridized carbons (Fsp3) is 0.269. The number of nitrogens with zero attached hydrogens (tertiary/aromatic N) is 8. The fourth-order valence-electron chi connectivity index (χ4n) is 9.36. The van der Waals surface area contributed by atoms with Gasteiger partial charge in [-0.05, 0) is 58.7 Å². The monoisotopic (exact) mass is 956 g/mol. The smallest absolute Gasteiger partial charge is 0.341 e. The molecular weight excluding hydrogens is 906 g/mol. The molecule has 8 aromatic rings. The first-order valence-electron chi connectivity index (χ1n) is 22.7. The number of aryl methyl sites for hydroxylation is 2. The molecule has 0 radical (unpaired) electrons. The molecule has 14 nitrogen and oxygen atoms in total. The van der Waals surface area contributed by atoms with E-state index in [4.69, 9.17) is 0 Å². The van der Waals surface area contributed by atoms with Gasteiger partial charge in [-0.1, -0.05) is 84.9 Å². The predicted octanol–water partition coefficient (Wildman–Crippen LogP) is 7.88. The van der Waals surface area contributed by atoms with Crippen LogP contribution in [-0.2, 0) is 26.2 Å². The van der Waals surface area contributed by atoms with Crippen LogP contribution in [0, 0.1) is 11.6 Å². The van der Waals surface area contributed by atoms with Gasteiger partial charge in [0, 0.05) is 90.9 Å². The van der Waals surface area contributed by atoms with Crippen molar-refractivity contribution < 1.29 is 28.6 Å². The van der Waals surface area contributed by atoms with Gasteiger partial charge in [0.25, 0.3) is 0 Å². The number of rotatable bonds is 10. The van der Waals surface area contributed by atoms with Crippen LogP contribution in [0.5, 0.6) is 0 Å². The van der Waals surface area contributed by atoms with Gasteiger partial charge in [0.15, 0.2) is 23.3 Å². The number of carboxylic acid groups (broad SMARTS) is 2. The molecule has 2 N–H and O–H groups in total. The van der Waals surface area contributed by atoms with E-state index in [9.17, 15) is 29.4 Å². The molecule has 0 unspecified atom stereocenters. The van der Waals surface area contributed by atoms with Crippen molar-refractivity contribution >= 4 is 79.6 Å². The second-order valence-corrected chi connectivity index (χ2v) is 17.1. The number of aromatic carboxylic acids is 2. The lowest BCUT2D eigenvalue weighted by Crippen LogP contribution is -2.46. The topological polar surface area (TPSA) is 157 Å². The summed E-state index contributed by atoms with van der Waals surface area (Å²) in [6.45, 7) is 11.5. The summed E-state index contributed by atoms with van der Waals surface area (Å²) in [7, 11) is 0. The largest absolute Gasteiger partial charge is 0.477 e. The van der Waals surface area contributed by atoms with Crippen molar-refractivity contribution in [3.63, 3.8) is 0 Å². The quantitative estimate of drug-likeness (QED) is 0.137. The van der Waals surface area contributed by atoms with Crippen LogP contribution >= 0.6 is 12.4 Å². The normalized spacial score (nSPS) is 14.5. The lowest BCUT2D eigenvalue weighted by molar-refractivity contribution is 0.0684. The van der Waals surface area contributed by atoms with Crippen LogP contribution in [0.4, 0.5) is 20.4 Å². The number of hydrogen-bond acceptors (Lipinski definition) is 10. The first kappa shape index (κ1) is 48.2. The standard InChI is InChI=1S/2C26H25FN4O3.ClH/c2*1-2-30-16-21(26(33)34)23(32)20-14-22(27)25(28-24(20)30)31-12-10-29(11-13-31)15-18-8-5-7-17-6-3-4-9-19(17)18;/h2*3-9,14,16H,2,10-13,15H2,1H3,(H,33,34);1H. The highest BCUT2D eigenvalue weighted by atomic mass is 35.5. The Morgan fingerprint density at radius 2 is 0.899 bits per heavy atom. The van der Waals surface area contributed by atoms with Gasteiger partial charge in [0.2, 0.25) is 10.9 Å². The first-order valence-corrected chi connectivity index (χ1v) is 22.7. The van der Waals surface area contributed by atoms with Gasteiger partial charge in [0.05, 0.1) is 10.8 Å². The number of carbonyl (C=O) groups is 2. The minimum atomic E-state index is -1.33. The number of piperazine rings is 2. The minimum Gasteiger partial charge on any atom is -0.477 e. The van der Waals surface area contributed by atoms with E-state index in [1.165, 1.54) is 45.1 Å². The maximum Gasteiger partial charge on any atom is 0.341 e. The van der Waals surface area contributed by atoms with E-state index in [0.29, 0.717) is 50.6 Å². The highest BCUT2D eigenvalue weighted by Gasteiger charge is 2.26. The van der Waals surface area contributed by atoms with Crippen molar-refractivity contribution in [2.45, 2.75) is 40.0 Å². The third kappa shape index (κ3) is 9.73.